The smallest absolute Gasteiger partial charge is 0.222 e. The van der Waals surface area contributed by atoms with E-state index in [2.05, 4.69) is 16.9 Å². The highest BCUT2D eigenvalue weighted by atomic mass is 35.5. The molecule has 3 heterocycles. The number of carbonyl (C=O) groups is 1. The minimum absolute atomic E-state index is 0.00868. The van der Waals surface area contributed by atoms with Crippen molar-refractivity contribution in [1.29, 1.82) is 0 Å². The average Bonchev–Trinajstić information content (AvgIpc) is 3.30. The number of ketones is 1. The van der Waals surface area contributed by atoms with Crippen molar-refractivity contribution < 1.29 is 23.7 Å². The SMILES string of the molecule is C=CC(=O)C[C@H]1COC[C@H]1Nc1cc2c(OCC)nc(-c3c(Cl)c(OC)cc(OC)c3Cl)cc2cn1. The van der Waals surface area contributed by atoms with Crippen molar-refractivity contribution in [2.45, 2.75) is 19.4 Å². The summed E-state index contributed by atoms with van der Waals surface area (Å²) in [5.74, 6) is 1.88. The van der Waals surface area contributed by atoms with Crippen LogP contribution in [-0.4, -0.2) is 55.8 Å². The number of benzene rings is 1. The van der Waals surface area contributed by atoms with Crippen LogP contribution in [0.25, 0.3) is 22.0 Å². The van der Waals surface area contributed by atoms with Crippen LogP contribution in [0.1, 0.15) is 13.3 Å². The standard InChI is InChI=1S/C26H27Cl2N3O5/c1-5-16(32)7-15-12-35-13-19(15)30-22-9-17-14(11-29-22)8-18(31-26(17)36-6-2)23-24(27)20(33-3)10-21(34-4)25(23)28/h5,8-11,15,19H,1,6-7,12-13H2,2-4H3,(H,29,30)/t15-,19+/m0/s1. The normalized spacial score (nSPS) is 17.1. The molecule has 3 aromatic rings. The van der Waals surface area contributed by atoms with Gasteiger partial charge in [-0.15, -0.1) is 0 Å². The minimum atomic E-state index is -0.0523. The van der Waals surface area contributed by atoms with E-state index >= 15 is 0 Å². The molecule has 0 unspecified atom stereocenters. The number of aromatic nitrogens is 2. The predicted molar refractivity (Wildman–Crippen MR) is 141 cm³/mol. The minimum Gasteiger partial charge on any atom is -0.495 e. The second-order valence-electron chi connectivity index (χ2n) is 8.24. The molecule has 2 aromatic heterocycles. The Morgan fingerprint density at radius 3 is 2.56 bits per heavy atom. The lowest BCUT2D eigenvalue weighted by atomic mass is 9.97. The second-order valence-corrected chi connectivity index (χ2v) is 9.00. The maximum Gasteiger partial charge on any atom is 0.222 e. The van der Waals surface area contributed by atoms with Crippen molar-refractivity contribution in [3.05, 3.63) is 47.1 Å². The van der Waals surface area contributed by atoms with E-state index in [0.717, 1.165) is 10.8 Å². The maximum absolute atomic E-state index is 11.9. The topological polar surface area (TPSA) is 91.8 Å². The number of carbonyl (C=O) groups excluding carboxylic acids is 1. The third-order valence-corrected chi connectivity index (χ3v) is 6.76. The Hall–Kier alpha value is -3.07. The molecule has 0 saturated carbocycles. The molecule has 1 saturated heterocycles. The highest BCUT2D eigenvalue weighted by molar-refractivity contribution is 6.41. The first kappa shape index (κ1) is 26.0. The number of allylic oxidation sites excluding steroid dienone is 1. The molecular formula is C26H27Cl2N3O5. The van der Waals surface area contributed by atoms with Gasteiger partial charge in [0.15, 0.2) is 5.78 Å². The Kier molecular flexibility index (Phi) is 8.18. The van der Waals surface area contributed by atoms with Gasteiger partial charge in [0.1, 0.15) is 17.3 Å². The Balaban J connectivity index is 1.75. The molecular weight excluding hydrogens is 505 g/mol. The number of rotatable bonds is 10. The lowest BCUT2D eigenvalue weighted by Crippen LogP contribution is -2.29. The molecule has 4 rings (SSSR count). The van der Waals surface area contributed by atoms with Gasteiger partial charge in [0.2, 0.25) is 5.88 Å². The predicted octanol–water partition coefficient (Wildman–Crippen LogP) is 5.59. The number of fused-ring (bicyclic) bond motifs is 1. The van der Waals surface area contributed by atoms with Crippen molar-refractivity contribution in [3.63, 3.8) is 0 Å². The Bertz CT molecular complexity index is 1270. The fourth-order valence-corrected chi connectivity index (χ4v) is 4.87. The van der Waals surface area contributed by atoms with Crippen LogP contribution >= 0.6 is 23.2 Å². The summed E-state index contributed by atoms with van der Waals surface area (Å²) in [5, 5.41) is 5.56. The molecule has 0 aliphatic carbocycles. The van der Waals surface area contributed by atoms with E-state index in [1.807, 2.05) is 19.1 Å². The Labute approximate surface area is 219 Å². The molecule has 190 valence electrons. The van der Waals surface area contributed by atoms with E-state index in [0.29, 0.717) is 70.7 Å². The maximum atomic E-state index is 11.9. The first-order valence-corrected chi connectivity index (χ1v) is 12.2. The molecule has 0 bridgehead atoms. The molecule has 0 radical (unpaired) electrons. The number of ether oxygens (including phenoxy) is 4. The summed E-state index contributed by atoms with van der Waals surface area (Å²) in [5.41, 5.74) is 0.963. The molecule has 8 nitrogen and oxygen atoms in total. The fourth-order valence-electron chi connectivity index (χ4n) is 4.17. The molecule has 1 N–H and O–H groups in total. The zero-order valence-electron chi connectivity index (χ0n) is 20.3. The molecule has 0 spiro atoms. The van der Waals surface area contributed by atoms with Crippen molar-refractivity contribution in [1.82, 2.24) is 9.97 Å². The second kappa shape index (κ2) is 11.3. The summed E-state index contributed by atoms with van der Waals surface area (Å²) in [6, 6.07) is 5.28. The molecule has 0 amide bonds. The van der Waals surface area contributed by atoms with Gasteiger partial charge < -0.3 is 24.3 Å². The quantitative estimate of drug-likeness (QED) is 0.338. The number of nitrogens with one attached hydrogen (secondary N) is 1. The van der Waals surface area contributed by atoms with Crippen LogP contribution in [0.3, 0.4) is 0 Å². The third kappa shape index (κ3) is 5.21. The number of anilines is 1. The lowest BCUT2D eigenvalue weighted by molar-refractivity contribution is -0.115. The summed E-state index contributed by atoms with van der Waals surface area (Å²) in [6.07, 6.45) is 3.44. The van der Waals surface area contributed by atoms with Crippen LogP contribution in [0, 0.1) is 5.92 Å². The van der Waals surface area contributed by atoms with Crippen LogP contribution in [0.2, 0.25) is 10.0 Å². The van der Waals surface area contributed by atoms with E-state index in [-0.39, 0.29) is 17.7 Å². The summed E-state index contributed by atoms with van der Waals surface area (Å²) < 4.78 is 22.3. The molecule has 10 heteroatoms. The Morgan fingerprint density at radius 2 is 1.92 bits per heavy atom. The van der Waals surface area contributed by atoms with Crippen LogP contribution in [0.5, 0.6) is 17.4 Å². The highest BCUT2D eigenvalue weighted by Gasteiger charge is 2.30. The number of pyridine rings is 2. The van der Waals surface area contributed by atoms with Crippen LogP contribution < -0.4 is 19.5 Å². The lowest BCUT2D eigenvalue weighted by Gasteiger charge is -2.19. The summed E-state index contributed by atoms with van der Waals surface area (Å²) in [7, 11) is 3.03. The molecule has 1 aromatic carbocycles. The molecule has 1 fully saturated rings. The van der Waals surface area contributed by atoms with Crippen molar-refractivity contribution in [2.75, 3.05) is 39.4 Å². The van der Waals surface area contributed by atoms with Gasteiger partial charge in [0, 0.05) is 40.9 Å². The van der Waals surface area contributed by atoms with E-state index in [1.54, 1.807) is 12.3 Å². The number of halogens is 2. The first-order chi connectivity index (χ1) is 17.4. The molecule has 1 aliphatic heterocycles. The largest absolute Gasteiger partial charge is 0.495 e. The zero-order chi connectivity index (χ0) is 25.8. The van der Waals surface area contributed by atoms with Crippen LogP contribution in [0.15, 0.2) is 37.1 Å². The van der Waals surface area contributed by atoms with Gasteiger partial charge in [-0.1, -0.05) is 29.8 Å². The monoisotopic (exact) mass is 531 g/mol. The molecule has 36 heavy (non-hydrogen) atoms. The van der Waals surface area contributed by atoms with Gasteiger partial charge in [-0.3, -0.25) is 4.79 Å². The summed E-state index contributed by atoms with van der Waals surface area (Å²) >= 11 is 13.3. The van der Waals surface area contributed by atoms with Crippen molar-refractivity contribution >= 4 is 45.6 Å². The number of nitrogens with zero attached hydrogens (tertiary/aromatic N) is 2. The van der Waals surface area contributed by atoms with Crippen LogP contribution in [-0.2, 0) is 9.53 Å². The highest BCUT2D eigenvalue weighted by Crippen LogP contribution is 2.46. The van der Waals surface area contributed by atoms with Gasteiger partial charge in [0.25, 0.3) is 0 Å². The summed E-state index contributed by atoms with van der Waals surface area (Å²) in [6.45, 7) is 6.83. The van der Waals surface area contributed by atoms with Gasteiger partial charge in [-0.2, -0.15) is 0 Å². The van der Waals surface area contributed by atoms with E-state index in [9.17, 15) is 4.79 Å². The summed E-state index contributed by atoms with van der Waals surface area (Å²) in [4.78, 5) is 21.2. The van der Waals surface area contributed by atoms with Gasteiger partial charge in [0.05, 0.1) is 55.8 Å². The number of hydrogen-bond donors (Lipinski definition) is 1. The number of methoxy groups -OCH3 is 2. The molecule has 2 atom stereocenters. The van der Waals surface area contributed by atoms with Crippen molar-refractivity contribution in [2.24, 2.45) is 5.92 Å². The van der Waals surface area contributed by atoms with Gasteiger partial charge in [-0.25, -0.2) is 9.97 Å². The number of hydrogen-bond acceptors (Lipinski definition) is 8. The third-order valence-electron chi connectivity index (χ3n) is 6.01. The van der Waals surface area contributed by atoms with Crippen molar-refractivity contribution in [3.8, 4) is 28.6 Å². The van der Waals surface area contributed by atoms with E-state index < -0.39 is 0 Å². The zero-order valence-corrected chi connectivity index (χ0v) is 21.8. The van der Waals surface area contributed by atoms with Gasteiger partial charge >= 0.3 is 0 Å². The van der Waals surface area contributed by atoms with E-state index in [4.69, 9.17) is 47.1 Å². The first-order valence-electron chi connectivity index (χ1n) is 11.4. The van der Waals surface area contributed by atoms with Crippen LogP contribution in [0.4, 0.5) is 5.82 Å². The average molecular weight is 532 g/mol. The fraction of sp³-hybridized carbons (Fsp3) is 0.346. The van der Waals surface area contributed by atoms with E-state index in [1.165, 1.54) is 20.3 Å². The molecule has 1 aliphatic rings. The van der Waals surface area contributed by atoms with Gasteiger partial charge in [-0.05, 0) is 25.1 Å². The Morgan fingerprint density at radius 1 is 1.19 bits per heavy atom.